The van der Waals surface area contributed by atoms with E-state index in [1.54, 1.807) is 35.9 Å². The molecule has 1 fully saturated rings. The van der Waals surface area contributed by atoms with Gasteiger partial charge in [0.2, 0.25) is 5.91 Å². The number of fused-ring (bicyclic) bond motifs is 1. The van der Waals surface area contributed by atoms with Crippen LogP contribution in [0, 0.1) is 0 Å². The smallest absolute Gasteiger partial charge is 0.414 e. The van der Waals surface area contributed by atoms with Gasteiger partial charge in [-0.2, -0.15) is 5.10 Å². The van der Waals surface area contributed by atoms with E-state index in [9.17, 15) is 14.4 Å². The number of urea groups is 1. The molecule has 33 heavy (non-hydrogen) atoms. The summed E-state index contributed by atoms with van der Waals surface area (Å²) < 4.78 is 7.40. The number of ether oxygens (including phenoxy) is 1. The highest BCUT2D eigenvalue weighted by Crippen LogP contribution is 2.44. The first-order valence-electron chi connectivity index (χ1n) is 11.2. The van der Waals surface area contributed by atoms with Crippen LogP contribution < -0.4 is 20.4 Å². The van der Waals surface area contributed by atoms with Gasteiger partial charge >= 0.3 is 12.1 Å². The molecule has 2 aliphatic rings. The highest BCUT2D eigenvalue weighted by Gasteiger charge is 2.36. The van der Waals surface area contributed by atoms with E-state index in [-0.39, 0.29) is 24.1 Å². The summed E-state index contributed by atoms with van der Waals surface area (Å²) in [5.41, 5.74) is 3.10. The third-order valence-electron chi connectivity index (χ3n) is 5.76. The Labute approximate surface area is 192 Å². The van der Waals surface area contributed by atoms with Crippen molar-refractivity contribution in [3.05, 3.63) is 24.5 Å². The standard InChI is InChI=1S/C23H30N6O4/c1-13(2)33-23(32)27-11-14(3)29(15(4)30)21-9-19(26-22(31)24-5)18(8-20(21)27)16-10-25-28(12-16)17-6-7-17/h8-10,12-14,17H,6-7,11H2,1-5H3,(H2,24,26,31)/t14-/m0/s1. The van der Waals surface area contributed by atoms with Crippen LogP contribution in [-0.4, -0.2) is 53.6 Å². The Morgan fingerprint density at radius 1 is 1.18 bits per heavy atom. The molecule has 10 heteroatoms. The maximum absolute atomic E-state index is 13.0. The molecule has 4 rings (SSSR count). The van der Waals surface area contributed by atoms with Gasteiger partial charge in [-0.1, -0.05) is 0 Å². The Bertz CT molecular complexity index is 1090. The lowest BCUT2D eigenvalue weighted by Gasteiger charge is -2.41. The lowest BCUT2D eigenvalue weighted by Crippen LogP contribution is -2.51. The van der Waals surface area contributed by atoms with E-state index in [1.165, 1.54) is 14.0 Å². The van der Waals surface area contributed by atoms with Crippen molar-refractivity contribution < 1.29 is 19.1 Å². The van der Waals surface area contributed by atoms with Crippen molar-refractivity contribution in [1.29, 1.82) is 0 Å². The van der Waals surface area contributed by atoms with Crippen LogP contribution in [0.4, 0.5) is 26.7 Å². The molecule has 2 N–H and O–H groups in total. The molecule has 10 nitrogen and oxygen atoms in total. The van der Waals surface area contributed by atoms with Gasteiger partial charge in [0.15, 0.2) is 0 Å². The van der Waals surface area contributed by atoms with Crippen LogP contribution in [0.25, 0.3) is 11.1 Å². The zero-order chi connectivity index (χ0) is 23.9. The van der Waals surface area contributed by atoms with E-state index in [4.69, 9.17) is 4.74 Å². The molecule has 176 valence electrons. The zero-order valence-corrected chi connectivity index (χ0v) is 19.6. The lowest BCUT2D eigenvalue weighted by molar-refractivity contribution is -0.117. The average Bonchev–Trinajstić information content (AvgIpc) is 3.48. The second-order valence-electron chi connectivity index (χ2n) is 8.81. The number of benzene rings is 1. The number of hydrogen-bond donors (Lipinski definition) is 2. The minimum atomic E-state index is -0.479. The largest absolute Gasteiger partial charge is 0.446 e. The summed E-state index contributed by atoms with van der Waals surface area (Å²) in [6, 6.07) is 3.30. The number of rotatable bonds is 4. The molecule has 1 aliphatic carbocycles. The predicted molar refractivity (Wildman–Crippen MR) is 126 cm³/mol. The quantitative estimate of drug-likeness (QED) is 0.732. The molecule has 4 amide bonds. The lowest BCUT2D eigenvalue weighted by atomic mass is 10.0. The normalized spacial score (nSPS) is 17.6. The molecular formula is C23H30N6O4. The van der Waals surface area contributed by atoms with E-state index in [0.29, 0.717) is 35.2 Å². The van der Waals surface area contributed by atoms with Crippen LogP contribution in [0.5, 0.6) is 0 Å². The van der Waals surface area contributed by atoms with Crippen LogP contribution in [-0.2, 0) is 9.53 Å². The number of carbonyl (C=O) groups is 3. The van der Waals surface area contributed by atoms with Gasteiger partial charge in [0, 0.05) is 37.8 Å². The van der Waals surface area contributed by atoms with Crippen molar-refractivity contribution in [3.8, 4) is 11.1 Å². The molecule has 1 atom stereocenters. The zero-order valence-electron chi connectivity index (χ0n) is 19.6. The first-order valence-corrected chi connectivity index (χ1v) is 11.2. The minimum absolute atomic E-state index is 0.152. The molecular weight excluding hydrogens is 424 g/mol. The fraction of sp³-hybridized carbons (Fsp3) is 0.478. The Morgan fingerprint density at radius 3 is 2.52 bits per heavy atom. The van der Waals surface area contributed by atoms with Gasteiger partial charge in [0.1, 0.15) is 0 Å². The Balaban J connectivity index is 1.88. The number of nitrogens with one attached hydrogen (secondary N) is 2. The Hall–Kier alpha value is -3.56. The summed E-state index contributed by atoms with van der Waals surface area (Å²) in [5, 5.41) is 9.89. The van der Waals surface area contributed by atoms with Crippen LogP contribution in [0.15, 0.2) is 24.5 Å². The predicted octanol–water partition coefficient (Wildman–Crippen LogP) is 3.74. The van der Waals surface area contributed by atoms with Crippen LogP contribution in [0.3, 0.4) is 0 Å². The van der Waals surface area contributed by atoms with Gasteiger partial charge in [-0.3, -0.25) is 14.4 Å². The summed E-state index contributed by atoms with van der Waals surface area (Å²) in [6.45, 7) is 7.24. The topological polar surface area (TPSA) is 109 Å². The number of aromatic nitrogens is 2. The first kappa shape index (κ1) is 22.6. The fourth-order valence-electron chi connectivity index (χ4n) is 4.13. The molecule has 1 aromatic carbocycles. The van der Waals surface area contributed by atoms with Crippen LogP contribution >= 0.6 is 0 Å². The van der Waals surface area contributed by atoms with E-state index in [0.717, 1.165) is 18.4 Å². The number of nitrogens with zero attached hydrogens (tertiary/aromatic N) is 4. The summed E-state index contributed by atoms with van der Waals surface area (Å²) in [5.74, 6) is -0.152. The van der Waals surface area contributed by atoms with Crippen molar-refractivity contribution >= 4 is 35.1 Å². The Morgan fingerprint density at radius 2 is 1.91 bits per heavy atom. The minimum Gasteiger partial charge on any atom is -0.446 e. The summed E-state index contributed by atoms with van der Waals surface area (Å²) >= 11 is 0. The maximum atomic E-state index is 13.0. The first-order chi connectivity index (χ1) is 15.7. The molecule has 0 saturated heterocycles. The second kappa shape index (κ2) is 8.76. The van der Waals surface area contributed by atoms with Crippen LogP contribution in [0.1, 0.15) is 46.6 Å². The van der Waals surface area contributed by atoms with E-state index < -0.39 is 6.09 Å². The number of amides is 4. The second-order valence-corrected chi connectivity index (χ2v) is 8.81. The van der Waals surface area contributed by atoms with Crippen LogP contribution in [0.2, 0.25) is 0 Å². The van der Waals surface area contributed by atoms with Gasteiger partial charge in [-0.05, 0) is 45.7 Å². The molecule has 0 spiro atoms. The summed E-state index contributed by atoms with van der Waals surface area (Å²) in [6.07, 6.45) is 5.11. The average molecular weight is 455 g/mol. The maximum Gasteiger partial charge on any atom is 0.414 e. The van der Waals surface area contributed by atoms with Crippen molar-refractivity contribution in [3.63, 3.8) is 0 Å². The SMILES string of the molecule is CNC(=O)Nc1cc2c(cc1-c1cnn(C3CC3)c1)N(C(=O)OC(C)C)C[C@H](C)N2C(C)=O. The fourth-order valence-corrected chi connectivity index (χ4v) is 4.13. The van der Waals surface area contributed by atoms with Gasteiger partial charge in [0.25, 0.3) is 0 Å². The molecule has 1 saturated carbocycles. The van der Waals surface area contributed by atoms with Gasteiger partial charge < -0.3 is 20.3 Å². The molecule has 0 radical (unpaired) electrons. The molecule has 1 aromatic heterocycles. The molecule has 1 aliphatic heterocycles. The van der Waals surface area contributed by atoms with Gasteiger partial charge in [-0.25, -0.2) is 9.59 Å². The molecule has 2 heterocycles. The van der Waals surface area contributed by atoms with Crippen molar-refractivity contribution in [2.24, 2.45) is 0 Å². The molecule has 0 bridgehead atoms. The monoisotopic (exact) mass is 454 g/mol. The number of hydrogen-bond acceptors (Lipinski definition) is 5. The summed E-state index contributed by atoms with van der Waals surface area (Å²) in [4.78, 5) is 40.9. The highest BCUT2D eigenvalue weighted by molar-refractivity contribution is 6.06. The van der Waals surface area contributed by atoms with E-state index in [1.807, 2.05) is 23.9 Å². The number of anilines is 3. The van der Waals surface area contributed by atoms with E-state index in [2.05, 4.69) is 15.7 Å². The Kier molecular flexibility index (Phi) is 6.01. The molecule has 0 unspecified atom stereocenters. The van der Waals surface area contributed by atoms with Crippen molar-refractivity contribution in [1.82, 2.24) is 15.1 Å². The van der Waals surface area contributed by atoms with E-state index >= 15 is 0 Å². The third-order valence-corrected chi connectivity index (χ3v) is 5.76. The van der Waals surface area contributed by atoms with Crippen molar-refractivity contribution in [2.45, 2.75) is 58.7 Å². The molecule has 2 aromatic rings. The van der Waals surface area contributed by atoms with Gasteiger partial charge in [-0.15, -0.1) is 0 Å². The summed E-state index contributed by atoms with van der Waals surface area (Å²) in [7, 11) is 1.53. The third kappa shape index (κ3) is 4.50. The van der Waals surface area contributed by atoms with Crippen molar-refractivity contribution in [2.75, 3.05) is 28.7 Å². The number of carbonyl (C=O) groups excluding carboxylic acids is 3. The highest BCUT2D eigenvalue weighted by atomic mass is 16.6. The van der Waals surface area contributed by atoms with Gasteiger partial charge in [0.05, 0.1) is 41.4 Å².